The summed E-state index contributed by atoms with van der Waals surface area (Å²) in [6.45, 7) is 1.86. The van der Waals surface area contributed by atoms with E-state index in [0.717, 1.165) is 0 Å². The van der Waals surface area contributed by atoms with Crippen molar-refractivity contribution in [1.82, 2.24) is 0 Å². The van der Waals surface area contributed by atoms with Gasteiger partial charge in [0.2, 0.25) is 0 Å². The van der Waals surface area contributed by atoms with Crippen LogP contribution in [-0.2, 0) is 14.2 Å². The van der Waals surface area contributed by atoms with Crippen LogP contribution in [0.5, 0.6) is 0 Å². The zero-order chi connectivity index (χ0) is 7.66. The van der Waals surface area contributed by atoms with E-state index >= 15 is 0 Å². The van der Waals surface area contributed by atoms with Crippen LogP contribution in [0.4, 0.5) is 0 Å². The van der Waals surface area contributed by atoms with Gasteiger partial charge in [-0.3, -0.25) is 0 Å². The van der Waals surface area contributed by atoms with Gasteiger partial charge in [0, 0.05) is 7.11 Å². The molecule has 0 unspecified atom stereocenters. The Hall–Kier alpha value is -0.160. The maximum atomic E-state index is 8.17. The van der Waals surface area contributed by atoms with E-state index < -0.39 is 0 Å². The normalized spacial score (nSPS) is 10.2. The van der Waals surface area contributed by atoms with Crippen molar-refractivity contribution >= 4 is 0 Å². The molecule has 0 aliphatic heterocycles. The van der Waals surface area contributed by atoms with E-state index in [1.165, 1.54) is 0 Å². The van der Waals surface area contributed by atoms with Gasteiger partial charge in [0.05, 0.1) is 26.4 Å². The van der Waals surface area contributed by atoms with E-state index in [1.807, 2.05) is 0 Å². The summed E-state index contributed by atoms with van der Waals surface area (Å²) in [4.78, 5) is 0. The molecule has 4 nitrogen and oxygen atoms in total. The van der Waals surface area contributed by atoms with Crippen LogP contribution in [0.25, 0.3) is 0 Å². The Morgan fingerprint density at radius 3 is 2.20 bits per heavy atom. The summed E-state index contributed by atoms with van der Waals surface area (Å²) < 4.78 is 14.4. The van der Waals surface area contributed by atoms with Gasteiger partial charge in [-0.15, -0.1) is 0 Å². The van der Waals surface area contributed by atoms with E-state index in [-0.39, 0.29) is 6.79 Å². The van der Waals surface area contributed by atoms with Gasteiger partial charge in [0.15, 0.2) is 0 Å². The molecule has 0 aromatic rings. The Morgan fingerprint density at radius 2 is 1.60 bits per heavy atom. The first kappa shape index (κ1) is 9.84. The molecule has 4 heteroatoms. The predicted octanol–water partition coefficient (Wildman–Crippen LogP) is -0.384. The molecule has 0 aliphatic rings. The molecule has 0 amide bonds. The summed E-state index contributed by atoms with van der Waals surface area (Å²) in [6, 6.07) is 0. The first-order valence-electron chi connectivity index (χ1n) is 3.17. The van der Waals surface area contributed by atoms with Crippen LogP contribution in [0.1, 0.15) is 0 Å². The fourth-order valence-electron chi connectivity index (χ4n) is 0.427. The highest BCUT2D eigenvalue weighted by molar-refractivity contribution is 4.28. The van der Waals surface area contributed by atoms with Crippen molar-refractivity contribution in [2.75, 3.05) is 40.3 Å². The Morgan fingerprint density at radius 1 is 1.00 bits per heavy atom. The smallest absolute Gasteiger partial charge is 0.143 e. The molecule has 0 bridgehead atoms. The first-order chi connectivity index (χ1) is 4.91. The van der Waals surface area contributed by atoms with Crippen molar-refractivity contribution in [3.8, 4) is 0 Å². The number of hydrogen-bond acceptors (Lipinski definition) is 4. The molecule has 0 radical (unpaired) electrons. The number of rotatable bonds is 7. The van der Waals surface area contributed by atoms with Gasteiger partial charge < -0.3 is 19.3 Å². The number of ether oxygens (including phenoxy) is 3. The van der Waals surface area contributed by atoms with Crippen LogP contribution < -0.4 is 0 Å². The van der Waals surface area contributed by atoms with Crippen molar-refractivity contribution < 1.29 is 19.3 Å². The number of aliphatic hydroxyl groups is 1. The fraction of sp³-hybridized carbons (Fsp3) is 1.00. The number of hydrogen-bond donors (Lipinski definition) is 1. The Balaban J connectivity index is 2.65. The molecular weight excluding hydrogens is 136 g/mol. The molecular formula is C6H14O4. The zero-order valence-electron chi connectivity index (χ0n) is 6.21. The molecule has 0 saturated carbocycles. The van der Waals surface area contributed by atoms with E-state index in [2.05, 4.69) is 4.74 Å². The van der Waals surface area contributed by atoms with E-state index in [9.17, 15) is 0 Å². The quantitative estimate of drug-likeness (QED) is 0.397. The van der Waals surface area contributed by atoms with Gasteiger partial charge >= 0.3 is 0 Å². The standard InChI is InChI=1S/C6H14O4/c1-8-2-3-9-4-5-10-6-7/h7H,2-6H2,1H3. The van der Waals surface area contributed by atoms with Crippen LogP contribution in [0.2, 0.25) is 0 Å². The average molecular weight is 150 g/mol. The molecule has 0 fully saturated rings. The topological polar surface area (TPSA) is 47.9 Å². The minimum atomic E-state index is -0.242. The molecule has 0 aromatic heterocycles. The SMILES string of the molecule is COCCOCCOCO. The van der Waals surface area contributed by atoms with E-state index in [0.29, 0.717) is 26.4 Å². The van der Waals surface area contributed by atoms with Crippen LogP contribution in [0.3, 0.4) is 0 Å². The molecule has 0 rings (SSSR count). The maximum absolute atomic E-state index is 8.17. The third-order valence-electron chi connectivity index (χ3n) is 0.895. The third-order valence-corrected chi connectivity index (χ3v) is 0.895. The fourth-order valence-corrected chi connectivity index (χ4v) is 0.427. The molecule has 0 spiro atoms. The average Bonchev–Trinajstić information content (AvgIpc) is 1.97. The molecule has 0 atom stereocenters. The molecule has 0 aromatic carbocycles. The molecule has 62 valence electrons. The van der Waals surface area contributed by atoms with Crippen LogP contribution in [0.15, 0.2) is 0 Å². The van der Waals surface area contributed by atoms with E-state index in [1.54, 1.807) is 7.11 Å². The van der Waals surface area contributed by atoms with Crippen molar-refractivity contribution in [3.05, 3.63) is 0 Å². The highest BCUT2D eigenvalue weighted by Crippen LogP contribution is 1.77. The zero-order valence-corrected chi connectivity index (χ0v) is 6.21. The van der Waals surface area contributed by atoms with Gasteiger partial charge in [-0.1, -0.05) is 0 Å². The second-order valence-corrected chi connectivity index (χ2v) is 1.64. The lowest BCUT2D eigenvalue weighted by molar-refractivity contribution is -0.0344. The van der Waals surface area contributed by atoms with Crippen molar-refractivity contribution in [1.29, 1.82) is 0 Å². The maximum Gasteiger partial charge on any atom is 0.143 e. The summed E-state index contributed by atoms with van der Waals surface area (Å²) in [5.74, 6) is 0. The predicted molar refractivity (Wildman–Crippen MR) is 35.7 cm³/mol. The number of aliphatic hydroxyl groups excluding tert-OH is 1. The van der Waals surface area contributed by atoms with Gasteiger partial charge in [-0.25, -0.2) is 0 Å². The van der Waals surface area contributed by atoms with E-state index in [4.69, 9.17) is 14.6 Å². The number of methoxy groups -OCH3 is 1. The minimum Gasteiger partial charge on any atom is -0.382 e. The highest BCUT2D eigenvalue weighted by Gasteiger charge is 1.86. The van der Waals surface area contributed by atoms with Gasteiger partial charge in [0.1, 0.15) is 6.79 Å². The largest absolute Gasteiger partial charge is 0.382 e. The highest BCUT2D eigenvalue weighted by atomic mass is 16.6. The summed E-state index contributed by atoms with van der Waals surface area (Å²) >= 11 is 0. The van der Waals surface area contributed by atoms with Crippen molar-refractivity contribution in [2.45, 2.75) is 0 Å². The molecule has 0 saturated heterocycles. The summed E-state index contributed by atoms with van der Waals surface area (Å²) in [5, 5.41) is 8.17. The summed E-state index contributed by atoms with van der Waals surface area (Å²) in [7, 11) is 1.62. The van der Waals surface area contributed by atoms with Gasteiger partial charge in [-0.2, -0.15) is 0 Å². The van der Waals surface area contributed by atoms with Crippen LogP contribution in [0, 0.1) is 0 Å². The van der Waals surface area contributed by atoms with Gasteiger partial charge in [0.25, 0.3) is 0 Å². The minimum absolute atomic E-state index is 0.242. The second kappa shape index (κ2) is 8.84. The lowest BCUT2D eigenvalue weighted by atomic mass is 10.7. The monoisotopic (exact) mass is 150 g/mol. The Labute approximate surface area is 60.7 Å². The molecule has 1 N–H and O–H groups in total. The second-order valence-electron chi connectivity index (χ2n) is 1.64. The lowest BCUT2D eigenvalue weighted by Crippen LogP contribution is -2.08. The van der Waals surface area contributed by atoms with Crippen LogP contribution in [-0.4, -0.2) is 45.4 Å². The molecule has 0 heterocycles. The van der Waals surface area contributed by atoms with Crippen LogP contribution >= 0.6 is 0 Å². The molecule has 10 heavy (non-hydrogen) atoms. The Bertz CT molecular complexity index is 49.7. The van der Waals surface area contributed by atoms with Crippen molar-refractivity contribution in [2.24, 2.45) is 0 Å². The summed E-state index contributed by atoms with van der Waals surface area (Å²) in [6.07, 6.45) is 0. The molecule has 0 aliphatic carbocycles. The van der Waals surface area contributed by atoms with Crippen molar-refractivity contribution in [3.63, 3.8) is 0 Å². The summed E-state index contributed by atoms with van der Waals surface area (Å²) in [5.41, 5.74) is 0. The Kier molecular flexibility index (Phi) is 8.70. The third kappa shape index (κ3) is 7.84. The first-order valence-corrected chi connectivity index (χ1v) is 3.17. The lowest BCUT2D eigenvalue weighted by Gasteiger charge is -2.01. The van der Waals surface area contributed by atoms with Gasteiger partial charge in [-0.05, 0) is 0 Å².